The highest BCUT2D eigenvalue weighted by Gasteiger charge is 2.24. The van der Waals surface area contributed by atoms with Gasteiger partial charge in [0, 0.05) is 45.1 Å². The summed E-state index contributed by atoms with van der Waals surface area (Å²) >= 11 is 0. The molecule has 146 valence electrons. The molecule has 2 unspecified atom stereocenters. The number of fused-ring (bicyclic) bond motifs is 1. The number of nitrogens with one attached hydrogen (secondary N) is 3. The molecule has 2 aliphatic rings. The maximum atomic E-state index is 12.0. The van der Waals surface area contributed by atoms with Crippen molar-refractivity contribution in [3.63, 3.8) is 0 Å². The summed E-state index contributed by atoms with van der Waals surface area (Å²) in [5.41, 5.74) is 1.08. The largest absolute Gasteiger partial charge is 0.493 e. The van der Waals surface area contributed by atoms with Crippen molar-refractivity contribution in [2.24, 2.45) is 4.99 Å². The first-order valence-electron chi connectivity index (χ1n) is 9.29. The molecule has 1 saturated heterocycles. The molecule has 1 aromatic carbocycles. The van der Waals surface area contributed by atoms with Crippen LogP contribution in [0.2, 0.25) is 0 Å². The predicted octanol–water partition coefficient (Wildman–Crippen LogP) is 0.412. The second-order valence-electron chi connectivity index (χ2n) is 7.01. The molecule has 8 heteroatoms. The van der Waals surface area contributed by atoms with E-state index in [0.717, 1.165) is 24.2 Å². The lowest BCUT2D eigenvalue weighted by Gasteiger charge is -2.30. The molecular formula is C19H27N5O3. The van der Waals surface area contributed by atoms with Crippen molar-refractivity contribution < 1.29 is 14.3 Å². The van der Waals surface area contributed by atoms with E-state index in [1.54, 1.807) is 14.1 Å². The number of guanidine groups is 1. The summed E-state index contributed by atoms with van der Waals surface area (Å²) in [5.74, 6) is 1.45. The fourth-order valence-electron chi connectivity index (χ4n) is 3.13. The minimum absolute atomic E-state index is 0.0499. The van der Waals surface area contributed by atoms with Crippen LogP contribution in [0.3, 0.4) is 0 Å². The quantitative estimate of drug-likeness (QED) is 0.525. The first-order valence-corrected chi connectivity index (χ1v) is 9.29. The fraction of sp³-hybridized carbons (Fsp3) is 0.526. The monoisotopic (exact) mass is 373 g/mol. The van der Waals surface area contributed by atoms with Gasteiger partial charge in [-0.15, -0.1) is 0 Å². The summed E-state index contributed by atoms with van der Waals surface area (Å²) in [5, 5.41) is 9.66. The second-order valence-corrected chi connectivity index (χ2v) is 7.01. The summed E-state index contributed by atoms with van der Waals surface area (Å²) in [6, 6.07) is 8.07. The third-order valence-corrected chi connectivity index (χ3v) is 4.75. The molecule has 1 fully saturated rings. The van der Waals surface area contributed by atoms with Gasteiger partial charge in [-0.05, 0) is 12.5 Å². The van der Waals surface area contributed by atoms with Crippen molar-refractivity contribution >= 4 is 17.8 Å². The SMILES string of the molecule is CN(C)C(=O)CN=C(NC1CCC(=O)NC1)NC1CCOc2ccccc21. The van der Waals surface area contributed by atoms with E-state index >= 15 is 0 Å². The molecule has 2 aliphatic heterocycles. The van der Waals surface area contributed by atoms with Crippen LogP contribution in [0.15, 0.2) is 29.3 Å². The van der Waals surface area contributed by atoms with Crippen LogP contribution in [-0.4, -0.2) is 62.5 Å². The lowest BCUT2D eigenvalue weighted by Crippen LogP contribution is -2.52. The van der Waals surface area contributed by atoms with Gasteiger partial charge in [-0.1, -0.05) is 18.2 Å². The number of para-hydroxylation sites is 1. The third-order valence-electron chi connectivity index (χ3n) is 4.75. The molecule has 0 spiro atoms. The molecule has 2 amide bonds. The average Bonchev–Trinajstić information content (AvgIpc) is 2.67. The number of benzene rings is 1. The van der Waals surface area contributed by atoms with Crippen LogP contribution in [0.5, 0.6) is 5.75 Å². The standard InChI is InChI=1S/C19H27N5O3/c1-24(2)18(26)12-21-19(22-13-7-8-17(25)20-11-13)23-15-9-10-27-16-6-4-3-5-14(15)16/h3-6,13,15H,7-12H2,1-2H3,(H,20,25)(H2,21,22,23). The number of ether oxygens (including phenoxy) is 1. The molecule has 0 aromatic heterocycles. The van der Waals surface area contributed by atoms with Gasteiger partial charge in [0.25, 0.3) is 0 Å². The van der Waals surface area contributed by atoms with Gasteiger partial charge in [-0.2, -0.15) is 0 Å². The minimum Gasteiger partial charge on any atom is -0.493 e. The Bertz CT molecular complexity index is 709. The molecule has 8 nitrogen and oxygen atoms in total. The number of nitrogens with zero attached hydrogens (tertiary/aromatic N) is 2. The molecule has 0 bridgehead atoms. The normalized spacial score (nSPS) is 22.1. The van der Waals surface area contributed by atoms with E-state index < -0.39 is 0 Å². The summed E-state index contributed by atoms with van der Waals surface area (Å²) in [6.45, 7) is 1.23. The summed E-state index contributed by atoms with van der Waals surface area (Å²) in [6.07, 6.45) is 2.03. The Kier molecular flexibility index (Phi) is 6.16. The van der Waals surface area contributed by atoms with Crippen molar-refractivity contribution in [1.82, 2.24) is 20.9 Å². The van der Waals surface area contributed by atoms with E-state index in [0.29, 0.717) is 25.5 Å². The topological polar surface area (TPSA) is 95.1 Å². The van der Waals surface area contributed by atoms with E-state index in [1.165, 1.54) is 4.90 Å². The van der Waals surface area contributed by atoms with E-state index in [2.05, 4.69) is 20.9 Å². The Labute approximate surface area is 159 Å². The predicted molar refractivity (Wildman–Crippen MR) is 103 cm³/mol. The van der Waals surface area contributed by atoms with Gasteiger partial charge < -0.3 is 25.6 Å². The number of carbonyl (C=O) groups is 2. The van der Waals surface area contributed by atoms with E-state index in [-0.39, 0.29) is 30.4 Å². The van der Waals surface area contributed by atoms with Gasteiger partial charge in [-0.25, -0.2) is 4.99 Å². The lowest BCUT2D eigenvalue weighted by molar-refractivity contribution is -0.127. The highest BCUT2D eigenvalue weighted by molar-refractivity contribution is 5.85. The fourth-order valence-corrected chi connectivity index (χ4v) is 3.13. The van der Waals surface area contributed by atoms with Gasteiger partial charge in [0.1, 0.15) is 12.3 Å². The lowest BCUT2D eigenvalue weighted by atomic mass is 10.0. The first kappa shape index (κ1) is 19.0. The average molecular weight is 373 g/mol. The van der Waals surface area contributed by atoms with Gasteiger partial charge >= 0.3 is 0 Å². The van der Waals surface area contributed by atoms with Crippen LogP contribution >= 0.6 is 0 Å². The Balaban J connectivity index is 1.72. The zero-order chi connectivity index (χ0) is 19.2. The summed E-state index contributed by atoms with van der Waals surface area (Å²) in [4.78, 5) is 29.3. The third kappa shape index (κ3) is 5.12. The summed E-state index contributed by atoms with van der Waals surface area (Å²) < 4.78 is 5.72. The van der Waals surface area contributed by atoms with Crippen molar-refractivity contribution in [2.45, 2.75) is 31.3 Å². The van der Waals surface area contributed by atoms with Crippen LogP contribution in [0.25, 0.3) is 0 Å². The van der Waals surface area contributed by atoms with Crippen molar-refractivity contribution in [1.29, 1.82) is 0 Å². The number of hydrogen-bond donors (Lipinski definition) is 3. The molecule has 2 heterocycles. The molecule has 2 atom stereocenters. The minimum atomic E-state index is -0.0691. The smallest absolute Gasteiger partial charge is 0.243 e. The number of likely N-dealkylation sites (N-methyl/N-ethyl adjacent to an activating group) is 1. The molecule has 0 saturated carbocycles. The highest BCUT2D eigenvalue weighted by Crippen LogP contribution is 2.31. The Morgan fingerprint density at radius 3 is 2.85 bits per heavy atom. The zero-order valence-electron chi connectivity index (χ0n) is 15.8. The van der Waals surface area contributed by atoms with Gasteiger partial charge in [-0.3, -0.25) is 9.59 Å². The maximum Gasteiger partial charge on any atom is 0.243 e. The summed E-state index contributed by atoms with van der Waals surface area (Å²) in [7, 11) is 3.42. The number of piperidine rings is 1. The maximum absolute atomic E-state index is 12.0. The molecule has 1 aromatic rings. The van der Waals surface area contributed by atoms with Crippen molar-refractivity contribution in [3.05, 3.63) is 29.8 Å². The molecule has 3 rings (SSSR count). The number of rotatable bonds is 4. The van der Waals surface area contributed by atoms with Crippen molar-refractivity contribution in [3.8, 4) is 5.75 Å². The number of aliphatic imine (C=N–C) groups is 1. The van der Waals surface area contributed by atoms with Gasteiger partial charge in [0.05, 0.1) is 12.6 Å². The van der Waals surface area contributed by atoms with E-state index in [1.807, 2.05) is 24.3 Å². The first-order chi connectivity index (χ1) is 13.0. The number of amides is 2. The highest BCUT2D eigenvalue weighted by atomic mass is 16.5. The second kappa shape index (κ2) is 8.75. The number of hydrogen-bond acceptors (Lipinski definition) is 4. The zero-order valence-corrected chi connectivity index (χ0v) is 15.8. The Morgan fingerprint density at radius 1 is 1.30 bits per heavy atom. The van der Waals surface area contributed by atoms with Crippen LogP contribution in [-0.2, 0) is 9.59 Å². The molecule has 3 N–H and O–H groups in total. The molecular weight excluding hydrogens is 346 g/mol. The number of carbonyl (C=O) groups excluding carboxylic acids is 2. The molecule has 0 aliphatic carbocycles. The molecule has 0 radical (unpaired) electrons. The van der Waals surface area contributed by atoms with Crippen LogP contribution in [0.1, 0.15) is 30.9 Å². The van der Waals surface area contributed by atoms with Crippen molar-refractivity contribution in [2.75, 3.05) is 33.8 Å². The van der Waals surface area contributed by atoms with Gasteiger partial charge in [0.15, 0.2) is 5.96 Å². The van der Waals surface area contributed by atoms with E-state index in [9.17, 15) is 9.59 Å². The Morgan fingerprint density at radius 2 is 2.11 bits per heavy atom. The molecule has 27 heavy (non-hydrogen) atoms. The van der Waals surface area contributed by atoms with Crippen LogP contribution in [0.4, 0.5) is 0 Å². The van der Waals surface area contributed by atoms with Crippen LogP contribution < -0.4 is 20.7 Å². The Hall–Kier alpha value is -2.77. The van der Waals surface area contributed by atoms with Gasteiger partial charge in [0.2, 0.25) is 11.8 Å². The van der Waals surface area contributed by atoms with E-state index in [4.69, 9.17) is 4.74 Å². The van der Waals surface area contributed by atoms with Crippen LogP contribution in [0, 0.1) is 0 Å².